The number of hydrogen-bond donors (Lipinski definition) is 1. The van der Waals surface area contributed by atoms with E-state index in [1.165, 1.54) is 23.6 Å². The fraction of sp³-hybridized carbons (Fsp3) is 0.667. The summed E-state index contributed by atoms with van der Waals surface area (Å²) in [5.74, 6) is -0.336. The van der Waals surface area contributed by atoms with Crippen molar-refractivity contribution < 1.29 is 17.9 Å². The predicted molar refractivity (Wildman–Crippen MR) is 108 cm³/mol. The minimum absolute atomic E-state index is 0.0503. The maximum atomic E-state index is 12.8. The first-order valence-corrected chi connectivity index (χ1v) is 12.0. The molecule has 6 nitrogen and oxygen atoms in total. The molecule has 156 valence electrons. The van der Waals surface area contributed by atoms with Crippen molar-refractivity contribution in [3.63, 3.8) is 0 Å². The van der Waals surface area contributed by atoms with Crippen LogP contribution in [0, 0.1) is 5.92 Å². The number of carbonyl (C=O) groups excluding carboxylic acids is 1. The van der Waals surface area contributed by atoms with E-state index in [9.17, 15) is 13.2 Å². The Morgan fingerprint density at radius 3 is 2.57 bits per heavy atom. The van der Waals surface area contributed by atoms with Gasteiger partial charge in [0.15, 0.2) is 0 Å². The maximum Gasteiger partial charge on any atom is 0.243 e. The predicted octanol–water partition coefficient (Wildman–Crippen LogP) is 2.94. The van der Waals surface area contributed by atoms with Crippen LogP contribution >= 0.6 is 0 Å². The van der Waals surface area contributed by atoms with Gasteiger partial charge in [0, 0.05) is 26.2 Å². The second-order valence-corrected chi connectivity index (χ2v) is 9.73. The minimum atomic E-state index is -3.54. The van der Waals surface area contributed by atoms with Crippen LogP contribution in [0.5, 0.6) is 0 Å². The third kappa shape index (κ3) is 5.78. The van der Waals surface area contributed by atoms with Crippen molar-refractivity contribution in [1.82, 2.24) is 9.62 Å². The lowest BCUT2D eigenvalue weighted by Gasteiger charge is -2.31. The van der Waals surface area contributed by atoms with Crippen molar-refractivity contribution in [3.05, 3.63) is 30.3 Å². The molecule has 1 aliphatic carbocycles. The molecule has 1 heterocycles. The Bertz CT molecular complexity index is 717. The summed E-state index contributed by atoms with van der Waals surface area (Å²) in [6, 6.07) is 8.44. The summed E-state index contributed by atoms with van der Waals surface area (Å²) in [7, 11) is -3.54. The quantitative estimate of drug-likeness (QED) is 0.671. The number of carbonyl (C=O) groups is 1. The zero-order chi connectivity index (χ0) is 19.8. The van der Waals surface area contributed by atoms with Gasteiger partial charge in [-0.15, -0.1) is 0 Å². The first-order chi connectivity index (χ1) is 13.6. The molecule has 2 fully saturated rings. The minimum Gasteiger partial charge on any atom is -0.378 e. The van der Waals surface area contributed by atoms with Crippen LogP contribution < -0.4 is 5.32 Å². The van der Waals surface area contributed by atoms with E-state index in [1.54, 1.807) is 30.3 Å². The molecule has 2 aliphatic rings. The summed E-state index contributed by atoms with van der Waals surface area (Å²) in [5, 5.41) is 2.96. The number of amides is 1. The number of rotatable bonds is 8. The fourth-order valence-electron chi connectivity index (χ4n) is 4.03. The van der Waals surface area contributed by atoms with E-state index < -0.39 is 10.0 Å². The number of nitrogens with one attached hydrogen (secondary N) is 1. The van der Waals surface area contributed by atoms with Crippen molar-refractivity contribution >= 4 is 15.9 Å². The summed E-state index contributed by atoms with van der Waals surface area (Å²) in [6.07, 6.45) is 8.74. The Labute approximate surface area is 168 Å². The van der Waals surface area contributed by atoms with E-state index in [2.05, 4.69) is 5.32 Å². The highest BCUT2D eigenvalue weighted by atomic mass is 32.2. The van der Waals surface area contributed by atoms with Crippen LogP contribution in [0.25, 0.3) is 0 Å². The third-order valence-corrected chi connectivity index (χ3v) is 7.54. The lowest BCUT2D eigenvalue weighted by molar-refractivity contribution is -0.126. The van der Waals surface area contributed by atoms with Gasteiger partial charge in [-0.3, -0.25) is 4.79 Å². The first kappa shape index (κ1) is 21.3. The van der Waals surface area contributed by atoms with Gasteiger partial charge in [0.1, 0.15) is 0 Å². The fourth-order valence-corrected chi connectivity index (χ4v) is 5.57. The Balaban J connectivity index is 1.41. The van der Waals surface area contributed by atoms with Crippen molar-refractivity contribution in [2.24, 2.45) is 5.92 Å². The van der Waals surface area contributed by atoms with Gasteiger partial charge in [-0.05, 0) is 44.2 Å². The van der Waals surface area contributed by atoms with Crippen LogP contribution in [-0.4, -0.2) is 51.0 Å². The van der Waals surface area contributed by atoms with E-state index in [-0.39, 0.29) is 23.3 Å². The van der Waals surface area contributed by atoms with Gasteiger partial charge in [0.25, 0.3) is 0 Å². The Morgan fingerprint density at radius 1 is 1.07 bits per heavy atom. The lowest BCUT2D eigenvalue weighted by atomic mass is 9.98. The van der Waals surface area contributed by atoms with Gasteiger partial charge in [-0.2, -0.15) is 4.31 Å². The summed E-state index contributed by atoms with van der Waals surface area (Å²) < 4.78 is 32.9. The molecule has 0 unspecified atom stereocenters. The smallest absolute Gasteiger partial charge is 0.243 e. The van der Waals surface area contributed by atoms with Crippen LogP contribution in [0.3, 0.4) is 0 Å². The van der Waals surface area contributed by atoms with Crippen molar-refractivity contribution in [1.29, 1.82) is 0 Å². The number of sulfonamides is 1. The molecule has 1 aromatic rings. The zero-order valence-corrected chi connectivity index (χ0v) is 17.3. The molecule has 28 heavy (non-hydrogen) atoms. The molecule has 0 bridgehead atoms. The van der Waals surface area contributed by atoms with E-state index in [1.807, 2.05) is 0 Å². The van der Waals surface area contributed by atoms with Gasteiger partial charge in [0.05, 0.1) is 16.9 Å². The molecular formula is C21H32N2O4S. The van der Waals surface area contributed by atoms with Crippen LogP contribution in [0.15, 0.2) is 35.2 Å². The molecule has 0 radical (unpaired) electrons. The molecule has 1 saturated carbocycles. The van der Waals surface area contributed by atoms with Gasteiger partial charge >= 0.3 is 0 Å². The van der Waals surface area contributed by atoms with Crippen molar-refractivity contribution in [2.45, 2.75) is 62.4 Å². The number of piperidine rings is 1. The highest BCUT2D eigenvalue weighted by Crippen LogP contribution is 2.24. The average molecular weight is 409 g/mol. The molecule has 1 N–H and O–H groups in total. The number of benzene rings is 1. The topological polar surface area (TPSA) is 75.7 Å². The number of ether oxygens (including phenoxy) is 1. The van der Waals surface area contributed by atoms with Crippen molar-refractivity contribution in [3.8, 4) is 0 Å². The highest BCUT2D eigenvalue weighted by Gasteiger charge is 2.33. The SMILES string of the molecule is O=C(NCCCOC1CCCCC1)[C@H]1CCCN(S(=O)(=O)c2ccccc2)C1. The molecular weight excluding hydrogens is 376 g/mol. The molecule has 1 saturated heterocycles. The van der Waals surface area contributed by atoms with Crippen molar-refractivity contribution in [2.75, 3.05) is 26.2 Å². The van der Waals surface area contributed by atoms with Crippen LogP contribution in [-0.2, 0) is 19.6 Å². The standard InChI is InChI=1S/C21H32N2O4S/c24-21(22-14-8-16-27-19-10-3-1-4-11-19)18-9-7-15-23(17-18)28(25,26)20-12-5-2-6-13-20/h2,5-6,12-13,18-19H,1,3-4,7-11,14-17H2,(H,22,24)/t18-/m0/s1. The normalized spacial score (nSPS) is 22.1. The Morgan fingerprint density at radius 2 is 1.82 bits per heavy atom. The molecule has 7 heteroatoms. The van der Waals surface area contributed by atoms with Gasteiger partial charge in [0.2, 0.25) is 15.9 Å². The van der Waals surface area contributed by atoms with Crippen LogP contribution in [0.2, 0.25) is 0 Å². The molecule has 1 aromatic carbocycles. The molecule has 1 atom stereocenters. The highest BCUT2D eigenvalue weighted by molar-refractivity contribution is 7.89. The first-order valence-electron chi connectivity index (χ1n) is 10.5. The summed E-state index contributed by atoms with van der Waals surface area (Å²) >= 11 is 0. The Hall–Kier alpha value is -1.44. The summed E-state index contributed by atoms with van der Waals surface area (Å²) in [6.45, 7) is 1.97. The molecule has 3 rings (SSSR count). The molecule has 1 aliphatic heterocycles. The number of hydrogen-bond acceptors (Lipinski definition) is 4. The van der Waals surface area contributed by atoms with E-state index >= 15 is 0 Å². The number of nitrogens with zero attached hydrogens (tertiary/aromatic N) is 1. The maximum absolute atomic E-state index is 12.8. The molecule has 0 aromatic heterocycles. The largest absolute Gasteiger partial charge is 0.378 e. The van der Waals surface area contributed by atoms with Gasteiger partial charge in [-0.25, -0.2) is 8.42 Å². The van der Waals surface area contributed by atoms with E-state index in [0.29, 0.717) is 32.2 Å². The second kappa shape index (κ2) is 10.4. The lowest BCUT2D eigenvalue weighted by Crippen LogP contribution is -2.45. The van der Waals surface area contributed by atoms with E-state index in [0.717, 1.165) is 25.7 Å². The summed E-state index contributed by atoms with van der Waals surface area (Å²) in [5.41, 5.74) is 0. The molecule has 0 spiro atoms. The van der Waals surface area contributed by atoms with Gasteiger partial charge in [-0.1, -0.05) is 37.5 Å². The van der Waals surface area contributed by atoms with Crippen LogP contribution in [0.1, 0.15) is 51.4 Å². The summed E-state index contributed by atoms with van der Waals surface area (Å²) in [4.78, 5) is 12.8. The second-order valence-electron chi connectivity index (χ2n) is 7.79. The van der Waals surface area contributed by atoms with Crippen LogP contribution in [0.4, 0.5) is 0 Å². The Kier molecular flexibility index (Phi) is 7.88. The third-order valence-electron chi connectivity index (χ3n) is 5.66. The van der Waals surface area contributed by atoms with Gasteiger partial charge < -0.3 is 10.1 Å². The average Bonchev–Trinajstić information content (AvgIpc) is 2.75. The van der Waals surface area contributed by atoms with E-state index in [4.69, 9.17) is 4.74 Å². The zero-order valence-electron chi connectivity index (χ0n) is 16.5. The monoisotopic (exact) mass is 408 g/mol. The molecule has 1 amide bonds.